The molecule has 0 aliphatic rings. The zero-order valence-electron chi connectivity index (χ0n) is 9.40. The summed E-state index contributed by atoms with van der Waals surface area (Å²) >= 11 is 17.0. The van der Waals surface area contributed by atoms with Gasteiger partial charge in [-0.05, 0) is 22.3 Å². The van der Waals surface area contributed by atoms with Crippen LogP contribution in [0.3, 0.4) is 0 Å². The van der Waals surface area contributed by atoms with E-state index in [-0.39, 0.29) is 0 Å². The van der Waals surface area contributed by atoms with E-state index in [0.29, 0.717) is 0 Å². The summed E-state index contributed by atoms with van der Waals surface area (Å²) < 4.78 is 0. The maximum atomic E-state index is 4.26. The third kappa shape index (κ3) is 5.79. The highest BCUT2D eigenvalue weighted by Gasteiger charge is 2.10. The number of thiol groups is 4. The molecule has 0 saturated heterocycles. The second-order valence-electron chi connectivity index (χ2n) is 3.48. The van der Waals surface area contributed by atoms with E-state index in [2.05, 4.69) is 58.8 Å². The molecule has 0 aromatic heterocycles. The van der Waals surface area contributed by atoms with E-state index in [1.807, 2.05) is 0 Å². The molecule has 0 N–H and O–H groups in total. The zero-order chi connectivity index (χ0) is 13.4. The van der Waals surface area contributed by atoms with Crippen LogP contribution < -0.4 is 0 Å². The molecule has 0 unspecified atom stereocenters. The summed E-state index contributed by atoms with van der Waals surface area (Å²) in [6.45, 7) is 0. The van der Waals surface area contributed by atoms with Crippen molar-refractivity contribution in [1.82, 2.24) is 0 Å². The standard InChI is InChI=1S/C10H14S8/c11-15-3-7-1-8(4-16-12)10(6-18-14)2-9(7)5-17-13/h1-2,11-14H,3-6H2. The van der Waals surface area contributed by atoms with Crippen LogP contribution in [-0.4, -0.2) is 0 Å². The highest BCUT2D eigenvalue weighted by atomic mass is 33.1. The number of rotatable bonds is 8. The Morgan fingerprint density at radius 2 is 0.778 bits per heavy atom. The second kappa shape index (κ2) is 10.7. The Kier molecular flexibility index (Phi) is 10.7. The van der Waals surface area contributed by atoms with Gasteiger partial charge in [-0.2, -0.15) is 0 Å². The molecule has 1 aromatic rings. The molecule has 0 fully saturated rings. The van der Waals surface area contributed by atoms with Crippen LogP contribution in [-0.2, 0) is 23.0 Å². The number of hydrogen-bond donors (Lipinski definition) is 4. The van der Waals surface area contributed by atoms with Crippen molar-refractivity contribution in [2.24, 2.45) is 0 Å². The Bertz CT molecular complexity index is 301. The van der Waals surface area contributed by atoms with Gasteiger partial charge in [-0.3, -0.25) is 0 Å². The lowest BCUT2D eigenvalue weighted by Crippen LogP contribution is -1.98. The summed E-state index contributed by atoms with van der Waals surface area (Å²) in [5.41, 5.74) is 5.40. The van der Waals surface area contributed by atoms with Gasteiger partial charge in [-0.15, -0.1) is 46.6 Å². The van der Waals surface area contributed by atoms with E-state index in [0.717, 1.165) is 23.0 Å². The van der Waals surface area contributed by atoms with Gasteiger partial charge in [-0.1, -0.05) is 55.3 Å². The molecule has 18 heavy (non-hydrogen) atoms. The molecule has 0 saturated carbocycles. The maximum Gasteiger partial charge on any atom is 0.0289 e. The van der Waals surface area contributed by atoms with Gasteiger partial charge in [0, 0.05) is 23.0 Å². The van der Waals surface area contributed by atoms with E-state index in [1.54, 1.807) is 43.2 Å². The van der Waals surface area contributed by atoms with Gasteiger partial charge in [0.05, 0.1) is 0 Å². The van der Waals surface area contributed by atoms with Crippen molar-refractivity contribution in [2.45, 2.75) is 23.0 Å². The highest BCUT2D eigenvalue weighted by Crippen LogP contribution is 2.31. The van der Waals surface area contributed by atoms with Crippen LogP contribution in [0.5, 0.6) is 0 Å². The normalized spacial score (nSPS) is 10.9. The average Bonchev–Trinajstić information content (AvgIpc) is 2.35. The van der Waals surface area contributed by atoms with Crippen molar-refractivity contribution in [3.05, 3.63) is 34.4 Å². The molecular formula is C10H14S8. The Labute approximate surface area is 146 Å². The van der Waals surface area contributed by atoms with Crippen LogP contribution in [0.15, 0.2) is 12.1 Å². The minimum Gasteiger partial charge on any atom is -0.111 e. The fourth-order valence-electron chi connectivity index (χ4n) is 1.61. The maximum absolute atomic E-state index is 4.26. The molecule has 0 heterocycles. The molecular weight excluding hydrogens is 377 g/mol. The fraction of sp³-hybridized carbons (Fsp3) is 0.400. The topological polar surface area (TPSA) is 0 Å². The SMILES string of the molecule is SSCc1cc(CSS)c(CSS)cc1CSS. The average molecular weight is 391 g/mol. The predicted octanol–water partition coefficient (Wildman–Crippen LogP) is 6.00. The van der Waals surface area contributed by atoms with Gasteiger partial charge in [0.1, 0.15) is 0 Å². The van der Waals surface area contributed by atoms with Crippen LogP contribution in [0.4, 0.5) is 0 Å². The molecule has 1 rings (SSSR count). The summed E-state index contributed by atoms with van der Waals surface area (Å²) in [4.78, 5) is 0. The third-order valence-electron chi connectivity index (χ3n) is 2.40. The molecule has 102 valence electrons. The third-order valence-corrected chi connectivity index (χ3v) is 5.71. The molecule has 0 aliphatic heterocycles. The summed E-state index contributed by atoms with van der Waals surface area (Å²) in [5.74, 6) is 3.69. The van der Waals surface area contributed by atoms with Crippen LogP contribution >= 0.6 is 89.8 Å². The molecule has 0 amide bonds. The van der Waals surface area contributed by atoms with Gasteiger partial charge >= 0.3 is 0 Å². The zero-order valence-corrected chi connectivity index (χ0v) is 16.2. The molecule has 0 atom stereocenters. The molecule has 8 heteroatoms. The van der Waals surface area contributed by atoms with Crippen molar-refractivity contribution in [1.29, 1.82) is 0 Å². The summed E-state index contributed by atoms with van der Waals surface area (Å²) in [7, 11) is 6.22. The largest absolute Gasteiger partial charge is 0.111 e. The first kappa shape index (κ1) is 18.1. The van der Waals surface area contributed by atoms with Gasteiger partial charge < -0.3 is 0 Å². The van der Waals surface area contributed by atoms with Gasteiger partial charge in [0.15, 0.2) is 0 Å². The quantitative estimate of drug-likeness (QED) is 0.317. The molecule has 0 radical (unpaired) electrons. The summed E-state index contributed by atoms with van der Waals surface area (Å²) in [6.07, 6.45) is 0. The molecule has 1 aromatic carbocycles. The Morgan fingerprint density at radius 3 is 0.944 bits per heavy atom. The summed E-state index contributed by atoms with van der Waals surface area (Å²) in [5, 5.41) is 0. The number of hydrogen-bond acceptors (Lipinski definition) is 8. The second-order valence-corrected chi connectivity index (χ2v) is 8.77. The van der Waals surface area contributed by atoms with Crippen LogP contribution in [0, 0.1) is 0 Å². The first-order chi connectivity index (χ1) is 8.76. The van der Waals surface area contributed by atoms with Crippen molar-refractivity contribution in [3.63, 3.8) is 0 Å². The smallest absolute Gasteiger partial charge is 0.0289 e. The summed E-state index contributed by atoms with van der Waals surface area (Å²) in [6, 6.07) is 4.57. The lowest BCUT2D eigenvalue weighted by Gasteiger charge is -2.14. The van der Waals surface area contributed by atoms with Gasteiger partial charge in [0.25, 0.3) is 0 Å². The van der Waals surface area contributed by atoms with Gasteiger partial charge in [-0.25, -0.2) is 0 Å². The van der Waals surface area contributed by atoms with Crippen molar-refractivity contribution < 1.29 is 0 Å². The van der Waals surface area contributed by atoms with Crippen LogP contribution in [0.2, 0.25) is 0 Å². The fourth-order valence-corrected chi connectivity index (χ4v) is 4.91. The van der Waals surface area contributed by atoms with E-state index in [9.17, 15) is 0 Å². The monoisotopic (exact) mass is 390 g/mol. The van der Waals surface area contributed by atoms with Crippen LogP contribution in [0.1, 0.15) is 22.3 Å². The highest BCUT2D eigenvalue weighted by molar-refractivity contribution is 8.69. The van der Waals surface area contributed by atoms with Crippen molar-refractivity contribution >= 4 is 89.8 Å². The molecule has 0 spiro atoms. The molecule has 0 nitrogen and oxygen atoms in total. The Morgan fingerprint density at radius 1 is 0.556 bits per heavy atom. The van der Waals surface area contributed by atoms with Crippen molar-refractivity contribution in [3.8, 4) is 0 Å². The Balaban J connectivity index is 3.11. The van der Waals surface area contributed by atoms with E-state index < -0.39 is 0 Å². The van der Waals surface area contributed by atoms with Crippen molar-refractivity contribution in [2.75, 3.05) is 0 Å². The lowest BCUT2D eigenvalue weighted by atomic mass is 10.0. The first-order valence-electron chi connectivity index (χ1n) is 4.95. The molecule has 0 bridgehead atoms. The predicted molar refractivity (Wildman–Crippen MR) is 108 cm³/mol. The van der Waals surface area contributed by atoms with E-state index in [4.69, 9.17) is 0 Å². The lowest BCUT2D eigenvalue weighted by molar-refractivity contribution is 1.19. The minimum absolute atomic E-state index is 0.922. The van der Waals surface area contributed by atoms with Crippen LogP contribution in [0.25, 0.3) is 0 Å². The first-order valence-corrected chi connectivity index (χ1v) is 13.1. The Hall–Kier alpha value is 2.02. The molecule has 0 aliphatic carbocycles. The van der Waals surface area contributed by atoms with E-state index >= 15 is 0 Å². The minimum atomic E-state index is 0.922. The van der Waals surface area contributed by atoms with E-state index in [1.165, 1.54) is 22.3 Å². The number of benzene rings is 1. The van der Waals surface area contributed by atoms with Gasteiger partial charge in [0.2, 0.25) is 0 Å².